The van der Waals surface area contributed by atoms with Gasteiger partial charge in [-0.05, 0) is 32.1 Å². The number of aliphatic hydroxyl groups excluding tert-OH is 5. The van der Waals surface area contributed by atoms with Crippen LogP contribution in [-0.4, -0.2) is 87.5 Å². The molecule has 1 amide bonds. The van der Waals surface area contributed by atoms with Gasteiger partial charge in [-0.25, -0.2) is 0 Å². The summed E-state index contributed by atoms with van der Waals surface area (Å²) in [6.07, 6.45) is 45.1. The van der Waals surface area contributed by atoms with Crippen LogP contribution in [-0.2, 0) is 14.3 Å². The highest BCUT2D eigenvalue weighted by molar-refractivity contribution is 5.76. The SMILES string of the molecule is CCCCCCCCCCCCCCC/C=C/CC/C=C/C(O)C(COC1OC(CO)C(O)C(O)C1O)NC(=O)CCCCCCCCCCCCCCCCCCCCC. The van der Waals surface area contributed by atoms with Crippen molar-refractivity contribution >= 4 is 5.91 Å². The minimum Gasteiger partial charge on any atom is -0.394 e. The Hall–Kier alpha value is -1.33. The predicted octanol–water partition coefficient (Wildman–Crippen LogP) is 11.8. The quantitative estimate of drug-likeness (QED) is 0.0262. The number of allylic oxidation sites excluding steroid dienone is 3. The third-order valence-corrected chi connectivity index (χ3v) is 12.5. The van der Waals surface area contributed by atoms with E-state index in [1.807, 2.05) is 6.08 Å². The first-order valence-corrected chi connectivity index (χ1v) is 26.1. The molecule has 61 heavy (non-hydrogen) atoms. The summed E-state index contributed by atoms with van der Waals surface area (Å²) in [7, 11) is 0. The standard InChI is InChI=1S/C52H99NO8/c1-3-5-7-9-11-13-15-17-19-21-23-25-27-29-31-33-35-37-39-41-46(55)45(44-60-52-51(59)50(58)49(57)47(43-54)61-52)53-48(56)42-40-38-36-34-32-30-28-26-24-22-20-18-16-14-12-10-8-6-4-2/h31,33,39,41,45-47,49-52,54-55,57-59H,3-30,32,34-38,40,42-44H2,1-2H3,(H,53,56)/b33-31+,41-39+. The Morgan fingerprint density at radius 2 is 0.934 bits per heavy atom. The molecule has 0 spiro atoms. The normalized spacial score (nSPS) is 20.5. The second-order valence-corrected chi connectivity index (χ2v) is 18.3. The maximum Gasteiger partial charge on any atom is 0.220 e. The highest BCUT2D eigenvalue weighted by Gasteiger charge is 2.44. The number of hydrogen-bond donors (Lipinski definition) is 6. The van der Waals surface area contributed by atoms with E-state index in [4.69, 9.17) is 9.47 Å². The van der Waals surface area contributed by atoms with Crippen LogP contribution in [0.3, 0.4) is 0 Å². The van der Waals surface area contributed by atoms with Crippen molar-refractivity contribution in [2.45, 2.75) is 288 Å². The average Bonchev–Trinajstić information content (AvgIpc) is 3.26. The van der Waals surface area contributed by atoms with E-state index in [0.717, 1.165) is 38.5 Å². The number of carbonyl (C=O) groups is 1. The summed E-state index contributed by atoms with van der Waals surface area (Å²) in [4.78, 5) is 13.0. The zero-order valence-electron chi connectivity index (χ0n) is 39.7. The monoisotopic (exact) mass is 866 g/mol. The molecule has 0 saturated carbocycles. The molecular weight excluding hydrogens is 767 g/mol. The van der Waals surface area contributed by atoms with Gasteiger partial charge in [0.2, 0.25) is 5.91 Å². The van der Waals surface area contributed by atoms with E-state index in [1.165, 1.54) is 186 Å². The summed E-state index contributed by atoms with van der Waals surface area (Å²) >= 11 is 0. The molecule has 0 aliphatic carbocycles. The lowest BCUT2D eigenvalue weighted by molar-refractivity contribution is -0.302. The van der Waals surface area contributed by atoms with Crippen LogP contribution in [0.15, 0.2) is 24.3 Å². The van der Waals surface area contributed by atoms with Crippen molar-refractivity contribution in [3.05, 3.63) is 24.3 Å². The summed E-state index contributed by atoms with van der Waals surface area (Å²) < 4.78 is 11.2. The second kappa shape index (κ2) is 42.6. The molecule has 9 nitrogen and oxygen atoms in total. The topological polar surface area (TPSA) is 149 Å². The number of aliphatic hydroxyl groups is 5. The molecule has 1 rings (SSSR count). The highest BCUT2D eigenvalue weighted by atomic mass is 16.7. The van der Waals surface area contributed by atoms with Gasteiger partial charge in [-0.2, -0.15) is 0 Å². The number of amides is 1. The van der Waals surface area contributed by atoms with Gasteiger partial charge in [0.15, 0.2) is 6.29 Å². The lowest BCUT2D eigenvalue weighted by atomic mass is 9.99. The van der Waals surface area contributed by atoms with Gasteiger partial charge in [-0.15, -0.1) is 0 Å². The van der Waals surface area contributed by atoms with E-state index >= 15 is 0 Å². The Labute approximate surface area is 375 Å². The summed E-state index contributed by atoms with van der Waals surface area (Å²) in [6.45, 7) is 3.79. The Bertz CT molecular complexity index is 1010. The number of ether oxygens (including phenoxy) is 2. The molecule has 1 aliphatic heterocycles. The van der Waals surface area contributed by atoms with Gasteiger partial charge >= 0.3 is 0 Å². The molecule has 1 heterocycles. The zero-order valence-corrected chi connectivity index (χ0v) is 39.7. The second-order valence-electron chi connectivity index (χ2n) is 18.3. The number of hydrogen-bond acceptors (Lipinski definition) is 8. The first-order valence-electron chi connectivity index (χ1n) is 26.1. The van der Waals surface area contributed by atoms with Gasteiger partial charge in [0.25, 0.3) is 0 Å². The van der Waals surface area contributed by atoms with Crippen LogP contribution >= 0.6 is 0 Å². The smallest absolute Gasteiger partial charge is 0.220 e. The summed E-state index contributed by atoms with van der Waals surface area (Å²) in [5, 5.41) is 54.3. The highest BCUT2D eigenvalue weighted by Crippen LogP contribution is 2.23. The van der Waals surface area contributed by atoms with E-state index in [1.54, 1.807) is 6.08 Å². The molecule has 1 aliphatic rings. The molecule has 0 bridgehead atoms. The fourth-order valence-electron chi connectivity index (χ4n) is 8.35. The van der Waals surface area contributed by atoms with Gasteiger partial charge in [0, 0.05) is 6.42 Å². The number of rotatable bonds is 44. The Morgan fingerprint density at radius 1 is 0.541 bits per heavy atom. The van der Waals surface area contributed by atoms with Crippen molar-refractivity contribution in [2.24, 2.45) is 0 Å². The first kappa shape index (κ1) is 57.7. The Kier molecular flexibility index (Phi) is 40.3. The van der Waals surface area contributed by atoms with Crippen LogP contribution in [0, 0.1) is 0 Å². The number of carbonyl (C=O) groups excluding carboxylic acids is 1. The van der Waals surface area contributed by atoms with Crippen molar-refractivity contribution in [1.82, 2.24) is 5.32 Å². The Balaban J connectivity index is 2.31. The number of nitrogens with one attached hydrogen (secondary N) is 1. The van der Waals surface area contributed by atoms with Gasteiger partial charge in [-0.1, -0.05) is 231 Å². The van der Waals surface area contributed by atoms with Crippen molar-refractivity contribution in [2.75, 3.05) is 13.2 Å². The molecule has 0 aromatic rings. The molecule has 6 N–H and O–H groups in total. The maximum absolute atomic E-state index is 13.0. The summed E-state index contributed by atoms with van der Waals surface area (Å²) in [5.74, 6) is -0.182. The largest absolute Gasteiger partial charge is 0.394 e. The molecule has 1 saturated heterocycles. The van der Waals surface area contributed by atoms with Crippen molar-refractivity contribution < 1.29 is 39.8 Å². The molecule has 9 heteroatoms. The van der Waals surface area contributed by atoms with Crippen LogP contribution in [0.25, 0.3) is 0 Å². The minimum atomic E-state index is -1.57. The lowest BCUT2D eigenvalue weighted by Crippen LogP contribution is -2.60. The van der Waals surface area contributed by atoms with E-state index in [0.29, 0.717) is 6.42 Å². The van der Waals surface area contributed by atoms with Crippen LogP contribution < -0.4 is 5.32 Å². The molecule has 7 atom stereocenters. The summed E-state index contributed by atoms with van der Waals surface area (Å²) in [6, 6.07) is -0.817. The number of unbranched alkanes of at least 4 members (excludes halogenated alkanes) is 32. The molecule has 1 fully saturated rings. The Morgan fingerprint density at radius 3 is 1.38 bits per heavy atom. The maximum atomic E-state index is 13.0. The van der Waals surface area contributed by atoms with E-state index < -0.39 is 49.5 Å². The van der Waals surface area contributed by atoms with E-state index in [2.05, 4.69) is 31.3 Å². The first-order chi connectivity index (χ1) is 29.8. The average molecular weight is 866 g/mol. The van der Waals surface area contributed by atoms with Crippen LogP contribution in [0.5, 0.6) is 0 Å². The third-order valence-electron chi connectivity index (χ3n) is 12.5. The van der Waals surface area contributed by atoms with Crippen molar-refractivity contribution in [3.63, 3.8) is 0 Å². The predicted molar refractivity (Wildman–Crippen MR) is 253 cm³/mol. The third kappa shape index (κ3) is 32.9. The van der Waals surface area contributed by atoms with E-state index in [-0.39, 0.29) is 12.5 Å². The van der Waals surface area contributed by atoms with Crippen molar-refractivity contribution in [3.8, 4) is 0 Å². The van der Waals surface area contributed by atoms with Crippen molar-refractivity contribution in [1.29, 1.82) is 0 Å². The fourth-order valence-corrected chi connectivity index (χ4v) is 8.35. The van der Waals surface area contributed by atoms with Crippen LogP contribution in [0.2, 0.25) is 0 Å². The minimum absolute atomic E-state index is 0.182. The molecule has 360 valence electrons. The van der Waals surface area contributed by atoms with Gasteiger partial charge in [0.05, 0.1) is 25.4 Å². The van der Waals surface area contributed by atoms with Gasteiger partial charge in [-0.3, -0.25) is 4.79 Å². The lowest BCUT2D eigenvalue weighted by Gasteiger charge is -2.40. The fraction of sp³-hybridized carbons (Fsp3) is 0.904. The molecular formula is C52H99NO8. The van der Waals surface area contributed by atoms with Gasteiger partial charge in [0.1, 0.15) is 24.4 Å². The van der Waals surface area contributed by atoms with Crippen LogP contribution in [0.1, 0.15) is 245 Å². The van der Waals surface area contributed by atoms with Crippen LogP contribution in [0.4, 0.5) is 0 Å². The van der Waals surface area contributed by atoms with Gasteiger partial charge < -0.3 is 40.3 Å². The van der Waals surface area contributed by atoms with E-state index in [9.17, 15) is 30.3 Å². The molecule has 7 unspecified atom stereocenters. The zero-order chi connectivity index (χ0) is 44.4. The molecule has 0 aromatic carbocycles. The summed E-state index contributed by atoms with van der Waals surface area (Å²) in [5.41, 5.74) is 0. The molecule has 0 radical (unpaired) electrons. The molecule has 0 aromatic heterocycles.